The van der Waals surface area contributed by atoms with Crippen molar-refractivity contribution in [1.82, 2.24) is 15.2 Å². The minimum Gasteiger partial charge on any atom is -0.333 e. The van der Waals surface area contributed by atoms with Crippen LogP contribution < -0.4 is 5.32 Å². The first kappa shape index (κ1) is 23.4. The third-order valence-corrected chi connectivity index (χ3v) is 5.46. The van der Waals surface area contributed by atoms with E-state index in [1.54, 1.807) is 19.2 Å². The molecule has 0 aromatic heterocycles. The van der Waals surface area contributed by atoms with E-state index in [4.69, 9.17) is 0 Å². The van der Waals surface area contributed by atoms with Gasteiger partial charge in [0, 0.05) is 19.0 Å². The summed E-state index contributed by atoms with van der Waals surface area (Å²) < 4.78 is 13.5. The van der Waals surface area contributed by atoms with Crippen molar-refractivity contribution in [3.05, 3.63) is 70.5 Å². The van der Waals surface area contributed by atoms with Gasteiger partial charge in [-0.3, -0.25) is 4.79 Å². The van der Waals surface area contributed by atoms with E-state index in [0.29, 0.717) is 6.42 Å². The van der Waals surface area contributed by atoms with Crippen LogP contribution in [0.2, 0.25) is 0 Å². The average Bonchev–Trinajstić information content (AvgIpc) is 3.15. The minimum absolute atomic E-state index is 0.122. The normalized spacial score (nSPS) is 16.0. The van der Waals surface area contributed by atoms with Crippen LogP contribution in [0.4, 0.5) is 9.18 Å². The maximum Gasteiger partial charge on any atom is 0.318 e. The minimum atomic E-state index is -0.409. The number of amides is 3. The Balaban J connectivity index is 1.87. The quantitative estimate of drug-likeness (QED) is 0.761. The molecule has 2 aromatic carbocycles. The average molecular weight is 439 g/mol. The zero-order valence-electron chi connectivity index (χ0n) is 19.6. The lowest BCUT2D eigenvalue weighted by molar-refractivity contribution is -0.133. The van der Waals surface area contributed by atoms with Crippen LogP contribution in [0.1, 0.15) is 55.5 Å². The number of urea groups is 1. The third kappa shape index (κ3) is 5.52. The Morgan fingerprint density at radius 2 is 1.78 bits per heavy atom. The number of carbonyl (C=O) groups excluding carboxylic acids is 2. The molecule has 0 spiro atoms. The van der Waals surface area contributed by atoms with Crippen molar-refractivity contribution in [3.63, 3.8) is 0 Å². The molecule has 0 saturated heterocycles. The Morgan fingerprint density at radius 1 is 1.12 bits per heavy atom. The van der Waals surface area contributed by atoms with Gasteiger partial charge >= 0.3 is 6.03 Å². The number of nitrogens with one attached hydrogen (secondary N) is 1. The Bertz CT molecular complexity index is 1040. The summed E-state index contributed by atoms with van der Waals surface area (Å²) in [6, 6.07) is 11.5. The van der Waals surface area contributed by atoms with Crippen molar-refractivity contribution in [2.24, 2.45) is 5.10 Å². The summed E-state index contributed by atoms with van der Waals surface area (Å²) in [4.78, 5) is 27.0. The number of hydrogen-bond donors (Lipinski definition) is 1. The van der Waals surface area contributed by atoms with Gasteiger partial charge in [0.25, 0.3) is 5.91 Å². The number of nitrogens with zero attached hydrogens (tertiary/aromatic N) is 3. The highest BCUT2D eigenvalue weighted by Crippen LogP contribution is 2.33. The summed E-state index contributed by atoms with van der Waals surface area (Å²) in [5.74, 6) is -0.636. The molecular weight excluding hydrogens is 407 g/mol. The van der Waals surface area contributed by atoms with E-state index >= 15 is 0 Å². The van der Waals surface area contributed by atoms with Crippen LogP contribution in [0.25, 0.3) is 0 Å². The molecule has 1 heterocycles. The van der Waals surface area contributed by atoms with E-state index in [1.807, 2.05) is 46.8 Å². The maximum atomic E-state index is 13.5. The molecule has 0 aliphatic carbocycles. The van der Waals surface area contributed by atoms with Crippen molar-refractivity contribution in [2.45, 2.75) is 52.6 Å². The Kier molecular flexibility index (Phi) is 6.67. The zero-order valence-corrected chi connectivity index (χ0v) is 19.6. The van der Waals surface area contributed by atoms with Crippen molar-refractivity contribution in [3.8, 4) is 0 Å². The largest absolute Gasteiger partial charge is 0.333 e. The zero-order chi connectivity index (χ0) is 23.6. The van der Waals surface area contributed by atoms with E-state index in [1.165, 1.54) is 27.6 Å². The van der Waals surface area contributed by atoms with Gasteiger partial charge in [-0.05, 0) is 75.1 Å². The molecule has 1 aliphatic heterocycles. The standard InChI is InChI=1S/C25H31FN4O2/c1-16-7-8-19(13-17(16)2)21-14-22(18-9-11-20(26)12-10-18)30(28-21)23(31)15-29(6)24(32)27-25(3,4)5/h7-13,22H,14-15H2,1-6H3,(H,27,32)/t22-/m1/s1. The molecule has 7 heteroatoms. The van der Waals surface area contributed by atoms with Gasteiger partial charge in [-0.15, -0.1) is 0 Å². The van der Waals surface area contributed by atoms with Gasteiger partial charge in [0.15, 0.2) is 0 Å². The fourth-order valence-electron chi connectivity index (χ4n) is 3.54. The second-order valence-electron chi connectivity index (χ2n) is 9.39. The van der Waals surface area contributed by atoms with Gasteiger partial charge in [0.2, 0.25) is 0 Å². The summed E-state index contributed by atoms with van der Waals surface area (Å²) in [5, 5.41) is 8.92. The first-order valence-electron chi connectivity index (χ1n) is 10.7. The number of benzene rings is 2. The Hall–Kier alpha value is -3.22. The van der Waals surface area contributed by atoms with Crippen LogP contribution in [0.5, 0.6) is 0 Å². The third-order valence-electron chi connectivity index (χ3n) is 5.46. The molecule has 0 fully saturated rings. The van der Waals surface area contributed by atoms with Crippen LogP contribution in [0, 0.1) is 19.7 Å². The highest BCUT2D eigenvalue weighted by Gasteiger charge is 2.34. The first-order chi connectivity index (χ1) is 14.9. The summed E-state index contributed by atoms with van der Waals surface area (Å²) in [6.45, 7) is 9.61. The second kappa shape index (κ2) is 9.10. The fourth-order valence-corrected chi connectivity index (χ4v) is 3.54. The van der Waals surface area contributed by atoms with Crippen molar-refractivity contribution in [2.75, 3.05) is 13.6 Å². The molecule has 3 rings (SSSR count). The molecule has 0 saturated carbocycles. The fraction of sp³-hybridized carbons (Fsp3) is 0.400. The molecule has 0 unspecified atom stereocenters. The number of likely N-dealkylation sites (N-methyl/N-ethyl adjacent to an activating group) is 1. The van der Waals surface area contributed by atoms with E-state index < -0.39 is 5.54 Å². The second-order valence-corrected chi connectivity index (χ2v) is 9.39. The molecule has 32 heavy (non-hydrogen) atoms. The smallest absolute Gasteiger partial charge is 0.318 e. The number of aryl methyl sites for hydroxylation is 2. The molecule has 0 bridgehead atoms. The number of hydrogen-bond acceptors (Lipinski definition) is 3. The maximum absolute atomic E-state index is 13.5. The summed E-state index contributed by atoms with van der Waals surface area (Å²) in [6.07, 6.45) is 0.512. The molecule has 1 aliphatic rings. The highest BCUT2D eigenvalue weighted by molar-refractivity contribution is 6.03. The van der Waals surface area contributed by atoms with Crippen LogP contribution in [-0.2, 0) is 4.79 Å². The van der Waals surface area contributed by atoms with E-state index in [0.717, 1.165) is 22.4 Å². The molecular formula is C25H31FN4O2. The highest BCUT2D eigenvalue weighted by atomic mass is 19.1. The monoisotopic (exact) mass is 438 g/mol. The van der Waals surface area contributed by atoms with Crippen LogP contribution in [0.3, 0.4) is 0 Å². The Labute approximate surface area is 189 Å². The van der Waals surface area contributed by atoms with Gasteiger partial charge in [0.1, 0.15) is 12.4 Å². The van der Waals surface area contributed by atoms with Crippen molar-refractivity contribution < 1.29 is 14.0 Å². The summed E-state index contributed by atoms with van der Waals surface area (Å²) in [7, 11) is 1.58. The number of hydrazone groups is 1. The SMILES string of the molecule is Cc1ccc(C2=NN(C(=O)CN(C)C(=O)NC(C)(C)C)[C@@H](c3ccc(F)cc3)C2)cc1C. The molecule has 3 amide bonds. The van der Waals surface area contributed by atoms with Crippen LogP contribution >= 0.6 is 0 Å². The number of rotatable bonds is 4. The molecule has 6 nitrogen and oxygen atoms in total. The van der Waals surface area contributed by atoms with E-state index in [-0.39, 0.29) is 30.3 Å². The van der Waals surface area contributed by atoms with Crippen LogP contribution in [-0.4, -0.2) is 46.7 Å². The van der Waals surface area contributed by atoms with Gasteiger partial charge in [-0.25, -0.2) is 14.2 Å². The topological polar surface area (TPSA) is 65.0 Å². The summed E-state index contributed by atoms with van der Waals surface area (Å²) in [5.41, 5.74) is 4.46. The van der Waals surface area contributed by atoms with E-state index in [9.17, 15) is 14.0 Å². The number of carbonyl (C=O) groups is 2. The molecule has 1 N–H and O–H groups in total. The van der Waals surface area contributed by atoms with Crippen molar-refractivity contribution in [1.29, 1.82) is 0 Å². The molecule has 0 radical (unpaired) electrons. The predicted molar refractivity (Wildman–Crippen MR) is 124 cm³/mol. The van der Waals surface area contributed by atoms with Crippen molar-refractivity contribution >= 4 is 17.6 Å². The van der Waals surface area contributed by atoms with Gasteiger partial charge in [-0.2, -0.15) is 5.10 Å². The molecule has 2 aromatic rings. The lowest BCUT2D eigenvalue weighted by Crippen LogP contribution is -2.49. The molecule has 170 valence electrons. The predicted octanol–water partition coefficient (Wildman–Crippen LogP) is 4.56. The lowest BCUT2D eigenvalue weighted by Gasteiger charge is -2.27. The van der Waals surface area contributed by atoms with Gasteiger partial charge in [0.05, 0.1) is 11.8 Å². The van der Waals surface area contributed by atoms with Gasteiger partial charge < -0.3 is 10.2 Å². The lowest BCUT2D eigenvalue weighted by atomic mass is 9.96. The Morgan fingerprint density at radius 3 is 2.38 bits per heavy atom. The molecule has 1 atom stereocenters. The number of halogens is 1. The van der Waals surface area contributed by atoms with E-state index in [2.05, 4.69) is 16.5 Å². The van der Waals surface area contributed by atoms with Gasteiger partial charge in [-0.1, -0.05) is 24.3 Å². The van der Waals surface area contributed by atoms with Crippen LogP contribution in [0.15, 0.2) is 47.6 Å². The summed E-state index contributed by atoms with van der Waals surface area (Å²) >= 11 is 0. The first-order valence-corrected chi connectivity index (χ1v) is 10.7.